The fourth-order valence-corrected chi connectivity index (χ4v) is 10.6. The first-order valence-corrected chi connectivity index (χ1v) is 22.7. The van der Waals surface area contributed by atoms with Gasteiger partial charge in [0, 0.05) is 46.3 Å². The molecule has 0 radical (unpaired) electrons. The molecular weight excluding hydrogens is 789 g/mol. The van der Waals surface area contributed by atoms with E-state index in [1.807, 2.05) is 26.0 Å². The Labute approximate surface area is 361 Å². The summed E-state index contributed by atoms with van der Waals surface area (Å²) >= 11 is 0. The topological polar surface area (TPSA) is 170 Å². The molecule has 0 aromatic heterocycles. The zero-order chi connectivity index (χ0) is 43.8. The van der Waals surface area contributed by atoms with Crippen molar-refractivity contribution in [1.82, 2.24) is 0 Å². The van der Waals surface area contributed by atoms with Gasteiger partial charge in [-0.3, -0.25) is 4.79 Å². The Morgan fingerprint density at radius 1 is 0.918 bits per heavy atom. The number of allylic oxidation sites excluding steroid dienone is 2. The number of fused-ring (bicyclic) bond motifs is 2. The van der Waals surface area contributed by atoms with Crippen molar-refractivity contribution in [3.05, 3.63) is 47.1 Å². The van der Waals surface area contributed by atoms with Crippen molar-refractivity contribution in [2.24, 2.45) is 17.8 Å². The van der Waals surface area contributed by atoms with Gasteiger partial charge >= 0.3 is 5.97 Å². The van der Waals surface area contributed by atoms with Crippen molar-refractivity contribution < 1.29 is 67.5 Å². The molecule has 61 heavy (non-hydrogen) atoms. The number of aliphatic hydroxyl groups is 3. The molecule has 1 spiro atoms. The van der Waals surface area contributed by atoms with E-state index in [0.717, 1.165) is 18.4 Å². The van der Waals surface area contributed by atoms with Crippen LogP contribution in [0, 0.1) is 17.8 Å². The Morgan fingerprint density at radius 3 is 2.38 bits per heavy atom. The van der Waals surface area contributed by atoms with Crippen molar-refractivity contribution in [3.63, 3.8) is 0 Å². The summed E-state index contributed by atoms with van der Waals surface area (Å²) in [6.45, 7) is 14.2. The first-order chi connectivity index (χ1) is 29.1. The van der Waals surface area contributed by atoms with Crippen LogP contribution in [0.3, 0.4) is 0 Å². The Hall–Kier alpha value is -2.05. The van der Waals surface area contributed by atoms with Crippen molar-refractivity contribution in [3.8, 4) is 0 Å². The average molecular weight is 861 g/mol. The van der Waals surface area contributed by atoms with Gasteiger partial charge in [-0.2, -0.15) is 0 Å². The van der Waals surface area contributed by atoms with Crippen LogP contribution in [0.2, 0.25) is 0 Å². The lowest BCUT2D eigenvalue weighted by atomic mass is 9.71. The first-order valence-electron chi connectivity index (χ1n) is 22.7. The van der Waals surface area contributed by atoms with Gasteiger partial charge in [0.25, 0.3) is 0 Å². The van der Waals surface area contributed by atoms with Crippen LogP contribution in [0.5, 0.6) is 0 Å². The smallest absolute Gasteiger partial charge is 0.316 e. The molecule has 7 rings (SSSR count). The largest absolute Gasteiger partial charge is 0.462 e. The monoisotopic (exact) mass is 860 g/mol. The van der Waals surface area contributed by atoms with Crippen molar-refractivity contribution in [1.29, 1.82) is 0 Å². The number of aliphatic hydroxyl groups excluding tert-OH is 2. The highest BCUT2D eigenvalue weighted by Crippen LogP contribution is 2.48. The van der Waals surface area contributed by atoms with E-state index in [0.29, 0.717) is 67.9 Å². The van der Waals surface area contributed by atoms with Gasteiger partial charge in [0.05, 0.1) is 49.3 Å². The summed E-state index contributed by atoms with van der Waals surface area (Å²) in [5.74, 6) is -1.89. The Morgan fingerprint density at radius 2 is 1.64 bits per heavy atom. The summed E-state index contributed by atoms with van der Waals surface area (Å²) in [5.41, 5.74) is 0.205. The van der Waals surface area contributed by atoms with Gasteiger partial charge in [0.2, 0.25) is 0 Å². The Kier molecular flexibility index (Phi) is 15.1. The van der Waals surface area contributed by atoms with Gasteiger partial charge in [-0.15, -0.1) is 0 Å². The molecule has 14 heteroatoms. The molecule has 0 saturated carbocycles. The molecule has 0 aromatic carbocycles. The molecular formula is C47H72O14. The van der Waals surface area contributed by atoms with Crippen LogP contribution in [0.1, 0.15) is 106 Å². The molecule has 14 nitrogen and oxygen atoms in total. The highest BCUT2D eigenvalue weighted by molar-refractivity contribution is 5.78. The van der Waals surface area contributed by atoms with E-state index in [2.05, 4.69) is 26.8 Å². The van der Waals surface area contributed by atoms with E-state index in [-0.39, 0.29) is 24.9 Å². The zero-order valence-corrected chi connectivity index (χ0v) is 37.6. The van der Waals surface area contributed by atoms with E-state index in [4.69, 9.17) is 47.4 Å². The number of carbonyl (C=O) groups is 1. The molecule has 6 heterocycles. The van der Waals surface area contributed by atoms with Crippen LogP contribution < -0.4 is 0 Å². The third-order valence-electron chi connectivity index (χ3n) is 14.6. The summed E-state index contributed by atoms with van der Waals surface area (Å²) in [6.07, 6.45) is 7.07. The van der Waals surface area contributed by atoms with E-state index in [9.17, 15) is 20.1 Å². The molecule has 0 aromatic rings. The summed E-state index contributed by atoms with van der Waals surface area (Å²) in [6, 6.07) is 0. The number of hydrogen-bond donors (Lipinski definition) is 3. The second-order valence-electron chi connectivity index (χ2n) is 18.8. The highest BCUT2D eigenvalue weighted by Gasteiger charge is 2.60. The number of rotatable bonds is 8. The van der Waals surface area contributed by atoms with Crippen molar-refractivity contribution >= 4 is 5.97 Å². The maximum absolute atomic E-state index is 14.3. The van der Waals surface area contributed by atoms with Gasteiger partial charge in [-0.25, -0.2) is 0 Å². The molecule has 1 aliphatic carbocycles. The molecule has 0 amide bonds. The van der Waals surface area contributed by atoms with Crippen LogP contribution in [-0.2, 0) is 52.2 Å². The van der Waals surface area contributed by atoms with E-state index < -0.39 is 90.8 Å². The number of esters is 1. The van der Waals surface area contributed by atoms with Crippen LogP contribution in [0.15, 0.2) is 47.1 Å². The Balaban J connectivity index is 1.15. The molecule has 5 saturated heterocycles. The van der Waals surface area contributed by atoms with Crippen LogP contribution in [-0.4, -0.2) is 139 Å². The molecule has 6 aliphatic heterocycles. The quantitative estimate of drug-likeness (QED) is 0.211. The number of ether oxygens (including phenoxy) is 10. The average Bonchev–Trinajstić information content (AvgIpc) is 3.58. The van der Waals surface area contributed by atoms with Crippen molar-refractivity contribution in [2.75, 3.05) is 20.8 Å². The summed E-state index contributed by atoms with van der Waals surface area (Å²) in [4.78, 5) is 14.3. The highest BCUT2D eigenvalue weighted by atomic mass is 16.7. The third-order valence-corrected chi connectivity index (χ3v) is 14.6. The van der Waals surface area contributed by atoms with Gasteiger partial charge in [-0.1, -0.05) is 57.6 Å². The van der Waals surface area contributed by atoms with E-state index >= 15 is 0 Å². The molecule has 19 atom stereocenters. The molecule has 7 aliphatic rings. The summed E-state index contributed by atoms with van der Waals surface area (Å²) in [7, 11) is 3.22. The lowest BCUT2D eigenvalue weighted by Gasteiger charge is -2.51. The molecule has 5 fully saturated rings. The predicted molar refractivity (Wildman–Crippen MR) is 223 cm³/mol. The lowest BCUT2D eigenvalue weighted by molar-refractivity contribution is -0.340. The minimum atomic E-state index is -1.81. The first kappa shape index (κ1) is 46.9. The third kappa shape index (κ3) is 9.82. The zero-order valence-electron chi connectivity index (χ0n) is 37.6. The van der Waals surface area contributed by atoms with Crippen LogP contribution in [0.4, 0.5) is 0 Å². The number of carbonyl (C=O) groups excluding carboxylic acids is 1. The lowest BCUT2D eigenvalue weighted by Crippen LogP contribution is -2.58. The molecule has 2 bridgehead atoms. The van der Waals surface area contributed by atoms with Crippen LogP contribution in [0.25, 0.3) is 0 Å². The van der Waals surface area contributed by atoms with Crippen molar-refractivity contribution in [2.45, 2.75) is 203 Å². The van der Waals surface area contributed by atoms with E-state index in [1.54, 1.807) is 40.2 Å². The molecule has 344 valence electrons. The van der Waals surface area contributed by atoms with E-state index in [1.165, 1.54) is 0 Å². The standard InChI is InChI=1S/C47H72O14/c1-10-25(2)42-27(4)17-18-46(61-42)23-33-20-32(60-46)16-15-26(3)35(14-12-11-13-31-24-54-44-40(48)28(5)19-34(45(50)57-33)47(31,44)51)58-38-22-37(53-9)43(30(7)56-38)59-39-21-36(52-8)41(49)29(6)55-39/h11-13,15,19,25,27,29-30,32-44,48-49,51H,10,14,16-18,20-24H2,1-9H3/b12-11+,26-15+,31-13+/t25-,27+,29+,30+,32-,33+,34+,35+,36+,37+,38+,39+,40-,41+,42-,43+,44-,46-,47-/m1/s1. The fraction of sp³-hybridized carbons (Fsp3) is 0.809. The summed E-state index contributed by atoms with van der Waals surface area (Å²) in [5, 5.41) is 34.1. The van der Waals surface area contributed by atoms with Crippen LogP contribution >= 0.6 is 0 Å². The Bertz CT molecular complexity index is 1640. The maximum Gasteiger partial charge on any atom is 0.316 e. The SMILES string of the molecule is CC[C@@H](C)[C@H]1O[C@]2(CC[C@@H]1C)C[C@@H]1C[C@@H](C/C=C(\C)[C@@H](O[C@H]3C[C@H](OC)[C@@H](O[C@H]4C[C@H](OC)[C@@H](O)[C@H](C)O4)[C@H](C)O3)C/C=C/C=C3\CO[C@@H]4[C@H](O)C(C)=C[C@@H](C(=O)O1)[C@]34O)O2. The second kappa shape index (κ2) is 19.6. The second-order valence-corrected chi connectivity index (χ2v) is 18.8. The van der Waals surface area contributed by atoms with Gasteiger partial charge in [0.15, 0.2) is 18.4 Å². The maximum atomic E-state index is 14.3. The van der Waals surface area contributed by atoms with Gasteiger partial charge < -0.3 is 62.7 Å². The summed E-state index contributed by atoms with van der Waals surface area (Å²) < 4.78 is 63.6. The van der Waals surface area contributed by atoms with Gasteiger partial charge in [-0.05, 0) is 75.5 Å². The number of methoxy groups -OCH3 is 2. The minimum absolute atomic E-state index is 0.00323. The molecule has 0 unspecified atom stereocenters. The van der Waals surface area contributed by atoms with Gasteiger partial charge in [0.1, 0.15) is 42.0 Å². The number of hydrogen-bond acceptors (Lipinski definition) is 14. The fourth-order valence-electron chi connectivity index (χ4n) is 10.6. The predicted octanol–water partition coefficient (Wildman–Crippen LogP) is 5.36. The molecule has 3 N–H and O–H groups in total. The minimum Gasteiger partial charge on any atom is -0.462 e. The normalized spacial score (nSPS) is 48.8.